The zero-order valence-electron chi connectivity index (χ0n) is 106. The Kier molecular flexibility index (Phi) is 21.7. The number of hydrogen-bond acceptors (Lipinski definition) is 5. The maximum absolute atomic E-state index is 9.32. The van der Waals surface area contributed by atoms with E-state index in [-0.39, 0.29) is 46.1 Å². The maximum atomic E-state index is 9.32. The van der Waals surface area contributed by atoms with Crippen molar-refractivity contribution >= 4 is 173 Å². The van der Waals surface area contributed by atoms with Crippen LogP contribution in [0.1, 0.15) is 251 Å². The summed E-state index contributed by atoms with van der Waals surface area (Å²) in [6.45, 7) is 18.3. The van der Waals surface area contributed by atoms with Gasteiger partial charge in [0.2, 0.25) is 0 Å². The number of rotatable bonds is 11. The fraction of sp³-hybridized carbons (Fsp3) is 0.320. The minimum Gasteiger partial charge on any atom is -0.290 e. The summed E-state index contributed by atoms with van der Waals surface area (Å²) in [6.07, 6.45) is 5.94. The summed E-state index contributed by atoms with van der Waals surface area (Å²) >= 11 is 0. The van der Waals surface area contributed by atoms with Gasteiger partial charge < -0.3 is 0 Å². The molecular weight excluding hydrogens is 1700 g/mol. The fourth-order valence-electron chi connectivity index (χ4n) is 23.2. The number of aryl methyl sites for hydroxylation is 6. The Morgan fingerprint density at radius 3 is 0.950 bits per heavy atom. The molecule has 2 aliphatic carbocycles. The topological polar surface area (TPSA) is 35.6 Å². The third kappa shape index (κ3) is 18.0. The molecule has 0 radical (unpaired) electrons. The minimum absolute atomic E-state index is 0.0238. The van der Waals surface area contributed by atoms with Crippen LogP contribution in [-0.2, 0) is 48.0 Å². The van der Waals surface area contributed by atoms with Crippen molar-refractivity contribution in [2.45, 2.75) is 220 Å². The molecule has 15 aromatic rings. The van der Waals surface area contributed by atoms with Crippen molar-refractivity contribution in [2.75, 3.05) is 24.1 Å². The van der Waals surface area contributed by atoms with E-state index < -0.39 is 58.8 Å². The van der Waals surface area contributed by atoms with Crippen molar-refractivity contribution in [3.8, 4) is 0 Å². The lowest BCUT2D eigenvalue weighted by molar-refractivity contribution is -0.631. The number of aromatic nitrogens is 5. The summed E-state index contributed by atoms with van der Waals surface area (Å²) in [5.74, 6) is 2.74. The summed E-state index contributed by atoms with van der Waals surface area (Å²) in [6, 6.07) is 89.8. The largest absolute Gasteiger partial charge is 0.409 e. The highest BCUT2D eigenvalue weighted by molar-refractivity contribution is 6.80. The Balaban J connectivity index is 0.000000130. The molecule has 0 spiro atoms. The molecule has 10 aromatic carbocycles. The molecule has 0 amide bonds. The molecule has 0 saturated heterocycles. The Morgan fingerprint density at radius 2 is 0.593 bits per heavy atom. The molecule has 7 aliphatic rings. The second-order valence-electron chi connectivity index (χ2n) is 39.8. The number of allylic oxidation sites excluding steroid dienone is 10. The molecule has 5 aliphatic heterocycles. The molecule has 0 unspecified atom stereocenters. The van der Waals surface area contributed by atoms with Crippen LogP contribution in [0.4, 0.5) is 29.1 Å². The van der Waals surface area contributed by atoms with Crippen molar-refractivity contribution in [3.63, 3.8) is 0 Å². The maximum Gasteiger partial charge on any atom is 0.409 e. The van der Waals surface area contributed by atoms with Crippen molar-refractivity contribution in [2.24, 2.45) is 47.1 Å². The van der Waals surface area contributed by atoms with E-state index in [4.69, 9.17) is 24.7 Å². The molecule has 706 valence electrons. The normalized spacial score (nSPS) is 18.8. The van der Waals surface area contributed by atoms with Crippen LogP contribution in [0, 0.1) is 18.8 Å². The molecule has 0 bridgehead atoms. The number of benzene rings is 10. The van der Waals surface area contributed by atoms with Crippen LogP contribution in [0.15, 0.2) is 301 Å². The first-order valence-corrected chi connectivity index (χ1v) is 50.2. The number of pyridine rings is 5. The van der Waals surface area contributed by atoms with Crippen molar-refractivity contribution in [3.05, 3.63) is 357 Å². The number of nitrogens with zero attached hydrogens (tertiary/aromatic N) is 10. The van der Waals surface area contributed by atoms with E-state index in [9.17, 15) is 4.11 Å². The summed E-state index contributed by atoms with van der Waals surface area (Å²) in [5.41, 5.74) is 24.1. The van der Waals surface area contributed by atoms with Crippen molar-refractivity contribution in [1.29, 1.82) is 0 Å². The lowest BCUT2D eigenvalue weighted by Crippen LogP contribution is -2.53. The van der Waals surface area contributed by atoms with Gasteiger partial charge in [-0.3, -0.25) is 24.1 Å². The van der Waals surface area contributed by atoms with Crippen molar-refractivity contribution in [1.82, 2.24) is 0 Å². The monoisotopic (exact) mass is 1860 g/mol. The lowest BCUT2D eigenvalue weighted by atomic mass is 9.52. The molecule has 15 heteroatoms. The van der Waals surface area contributed by atoms with Crippen molar-refractivity contribution < 1.29 is 51.6 Å². The van der Waals surface area contributed by atoms with Gasteiger partial charge in [-0.05, 0) is 300 Å². The fourth-order valence-corrected chi connectivity index (χ4v) is 23.2. The van der Waals surface area contributed by atoms with E-state index in [1.165, 1.54) is 17.4 Å². The molecule has 2 fully saturated rings. The Hall–Kier alpha value is -12.7. The van der Waals surface area contributed by atoms with Crippen LogP contribution in [0.2, 0.25) is 34.1 Å². The molecule has 5 aromatic heterocycles. The highest BCUT2D eigenvalue weighted by Gasteiger charge is 2.46. The summed E-state index contributed by atoms with van der Waals surface area (Å²) in [5, 5.41) is 5.14. The van der Waals surface area contributed by atoms with E-state index in [1.54, 1.807) is 0 Å². The van der Waals surface area contributed by atoms with Gasteiger partial charge in [0, 0.05) is 86.0 Å². The molecule has 0 atom stereocenters. The predicted octanol–water partition coefficient (Wildman–Crippen LogP) is 25.2. The van der Waals surface area contributed by atoms with E-state index in [0.717, 1.165) is 213 Å². The molecule has 10 nitrogen and oxygen atoms in total. The Bertz CT molecular complexity index is 8280. The van der Waals surface area contributed by atoms with Crippen LogP contribution in [0.5, 0.6) is 0 Å². The highest BCUT2D eigenvalue weighted by atomic mass is 15.2. The zero-order chi connectivity index (χ0) is 117. The minimum atomic E-state index is -2.27. The number of fused-ring (bicyclic) bond motifs is 10. The summed E-state index contributed by atoms with van der Waals surface area (Å²) < 4.78 is 189. The predicted molar refractivity (Wildman–Crippen MR) is 607 cm³/mol. The van der Waals surface area contributed by atoms with E-state index in [0.29, 0.717) is 50.4 Å². The third-order valence-electron chi connectivity index (χ3n) is 30.8. The van der Waals surface area contributed by atoms with Crippen LogP contribution in [0.25, 0.3) is 82.4 Å². The van der Waals surface area contributed by atoms with Gasteiger partial charge in [0.1, 0.15) is 27.6 Å². The second-order valence-corrected chi connectivity index (χ2v) is 39.8. The van der Waals surface area contributed by atoms with Gasteiger partial charge in [-0.2, -0.15) is 0 Å². The summed E-state index contributed by atoms with van der Waals surface area (Å²) in [4.78, 5) is 10.6. The van der Waals surface area contributed by atoms with Crippen LogP contribution in [-0.4, -0.2) is 34.2 Å². The van der Waals surface area contributed by atoms with Crippen LogP contribution in [0.3, 0.4) is 0 Å². The average molecular weight is 1860 g/mol. The molecular formula is C125H146B5N10+5. The zero-order valence-corrected chi connectivity index (χ0v) is 85.4. The smallest absolute Gasteiger partial charge is 0.290 e. The van der Waals surface area contributed by atoms with Gasteiger partial charge in [0.25, 0.3) is 29.1 Å². The van der Waals surface area contributed by atoms with Gasteiger partial charge >= 0.3 is 34.2 Å². The number of para-hydroxylation sites is 5. The van der Waals surface area contributed by atoms with Gasteiger partial charge in [-0.1, -0.05) is 285 Å². The van der Waals surface area contributed by atoms with Gasteiger partial charge in [0.15, 0.2) is 0 Å². The quantitative estimate of drug-likeness (QED) is 0.0953. The molecule has 2 saturated carbocycles. The van der Waals surface area contributed by atoms with Gasteiger partial charge in [-0.25, -0.2) is 22.8 Å². The second kappa shape index (κ2) is 40.8. The first-order valence-electron chi connectivity index (χ1n) is 60.7. The third-order valence-corrected chi connectivity index (χ3v) is 30.8. The van der Waals surface area contributed by atoms with Crippen LogP contribution < -0.4 is 74.2 Å². The molecule has 140 heavy (non-hydrogen) atoms. The average Bonchev–Trinajstić information content (AvgIpc) is 0.972. The van der Waals surface area contributed by atoms with E-state index in [2.05, 4.69) is 138 Å². The molecule has 22 rings (SSSR count). The van der Waals surface area contributed by atoms with Gasteiger partial charge in [0.05, 0.1) is 63.7 Å². The summed E-state index contributed by atoms with van der Waals surface area (Å²) in [7, 11) is 10.1. The SMILES string of the molecule is [2H]C([2H])([2H])C1=C(C)N(c2cc(C([2H])(C)C)c3ccccc3[n+]2C)B(C)c2ccccc21.[2H]C([2H])([2H])C1=C(C)N(c2cc(C([2H])([2H])C(C)C)c3ccccc3[n+]2C)B(C)c2ccccc21.[2H]C([2H])([2H])C1=C(C)N(c2cc(C([2H])([2H])C3CCCCC3)c3ccccc3[n+]2C)B(C)c2ccccc21.[2H]C([2H])([2H])C1=C(C)N(c2cc(C)c3ccccc3[n+]2C)B(C)c2ccccc21.[2H]C([2H])([2H])C1=C(C)N(c2cc(C3([2H])CCCC3)c3ccccc3[n+]2C)B(C)c2ccccc21. The number of hydrogen-bond donors (Lipinski definition) is 0. The lowest BCUT2D eigenvalue weighted by Gasteiger charge is -2.32. The highest BCUT2D eigenvalue weighted by Crippen LogP contribution is 2.43. The van der Waals surface area contributed by atoms with Crippen LogP contribution >= 0.6 is 0 Å². The molecule has 10 heterocycles. The van der Waals surface area contributed by atoms with E-state index >= 15 is 0 Å². The first-order chi connectivity index (χ1) is 75.7. The Morgan fingerprint density at radius 1 is 0.321 bits per heavy atom. The standard InChI is InChI=1S/C28H34BN2.C26H30BN2.C25H30BN2.C24H28BN2.C22H24BN2/c1-20-21(2)31(29(3)26-16-10-8-14-24(20)26)28-19-23(18-22-12-6-5-7-13-22)25-15-9-11-17-27(25)30(28)4;1-18-19(2)29(27(3)24-15-9-7-13-21(18)24)26-17-23(20-11-5-6-12-20)22-14-8-10-16-25(22)28(26)4;1-17(2)15-20-16-25(27(6)24-14-10-8-12-22(20)24)28-19(4)18(3)21-11-7-9-13-23(21)26(28)5;1-16(2)21-15-24(26(6)23-14-10-8-12-20(21)23)27-18(4)17(3)19-11-7-9-13-22(19)25(27)5;1-15-14-22(24(5)21-13-9-7-10-18(15)21)25-17(3)16(2)19-11-6-8-12-20(19)23(25)4/h8-11,14-17,19,22H,5-7,12-13,18H2,1-4H3;7-10,13-17,20H,5-6,11-12H2,1-4H3;7-14,16-17H,15H2,1-6H3;7-16H,1-6H3;6-14H,1-5H3/q5*+1/i1D3,18D2;1D3,20D;3D3,15D2;3D3,16D;2D3. The molecule has 0 N–H and O–H groups in total. The van der Waals surface area contributed by atoms with E-state index in [1.807, 2.05) is 321 Å². The number of anilines is 5. The first kappa shape index (κ1) is 74.3. The Labute approximate surface area is 868 Å². The van der Waals surface area contributed by atoms with Gasteiger partial charge in [-0.15, -0.1) is 0 Å².